The Morgan fingerprint density at radius 2 is 2.00 bits per heavy atom. The van der Waals surface area contributed by atoms with Gasteiger partial charge in [-0.15, -0.1) is 0 Å². The Labute approximate surface area is 143 Å². The molecule has 2 aromatic rings. The van der Waals surface area contributed by atoms with Crippen LogP contribution in [0.15, 0.2) is 35.1 Å². The Morgan fingerprint density at radius 1 is 1.21 bits per heavy atom. The van der Waals surface area contributed by atoms with Crippen molar-refractivity contribution >= 4 is 10.9 Å². The van der Waals surface area contributed by atoms with Crippen LogP contribution in [0.1, 0.15) is 18.5 Å². The molecular formula is C19H27N3O2. The van der Waals surface area contributed by atoms with Gasteiger partial charge in [-0.05, 0) is 45.1 Å². The maximum atomic E-state index is 12.2. The molecule has 0 spiro atoms. The fourth-order valence-corrected chi connectivity index (χ4v) is 3.25. The number of morpholine rings is 1. The van der Waals surface area contributed by atoms with E-state index in [0.717, 1.165) is 62.5 Å². The molecule has 1 N–H and O–H groups in total. The number of nitrogens with one attached hydrogen (secondary N) is 1. The maximum absolute atomic E-state index is 12.2. The SMILES string of the molecule is CN(CCCCN1CCOCC1)Cc1cc(=O)c2ccccc2[nH]1. The molecule has 3 rings (SSSR count). The summed E-state index contributed by atoms with van der Waals surface area (Å²) in [5.74, 6) is 0. The first-order valence-corrected chi connectivity index (χ1v) is 8.82. The summed E-state index contributed by atoms with van der Waals surface area (Å²) in [5.41, 5.74) is 2.00. The van der Waals surface area contributed by atoms with E-state index in [2.05, 4.69) is 21.8 Å². The quantitative estimate of drug-likeness (QED) is 0.790. The standard InChI is InChI=1S/C19H27N3O2/c1-21(8-4-5-9-22-10-12-24-13-11-22)15-16-14-19(23)17-6-2-3-7-18(17)20-16/h2-3,6-7,14H,4-5,8-13,15H2,1H3,(H,20,23). The molecule has 5 heteroatoms. The van der Waals surface area contributed by atoms with Gasteiger partial charge in [0.2, 0.25) is 0 Å². The second-order valence-electron chi connectivity index (χ2n) is 6.60. The van der Waals surface area contributed by atoms with E-state index in [-0.39, 0.29) is 5.43 Å². The second-order valence-corrected chi connectivity index (χ2v) is 6.60. The number of pyridine rings is 1. The number of H-pyrrole nitrogens is 1. The van der Waals surface area contributed by atoms with Crippen molar-refractivity contribution in [2.24, 2.45) is 0 Å². The minimum absolute atomic E-state index is 0.0973. The zero-order valence-corrected chi connectivity index (χ0v) is 14.5. The highest BCUT2D eigenvalue weighted by atomic mass is 16.5. The second kappa shape index (κ2) is 8.42. The first-order chi connectivity index (χ1) is 11.7. The van der Waals surface area contributed by atoms with Crippen LogP contribution in [0.5, 0.6) is 0 Å². The Kier molecular flexibility index (Phi) is 6.01. The zero-order chi connectivity index (χ0) is 16.8. The average Bonchev–Trinajstić information content (AvgIpc) is 2.60. The number of aromatic amines is 1. The lowest BCUT2D eigenvalue weighted by molar-refractivity contribution is 0.0369. The van der Waals surface area contributed by atoms with Crippen LogP contribution in [0.2, 0.25) is 0 Å². The van der Waals surface area contributed by atoms with E-state index in [1.165, 1.54) is 12.8 Å². The molecular weight excluding hydrogens is 302 g/mol. The molecule has 0 bridgehead atoms. The predicted octanol–water partition coefficient (Wildman–Crippen LogP) is 2.07. The summed E-state index contributed by atoms with van der Waals surface area (Å²) >= 11 is 0. The molecule has 130 valence electrons. The van der Waals surface area contributed by atoms with Gasteiger partial charge in [0.25, 0.3) is 0 Å². The lowest BCUT2D eigenvalue weighted by Gasteiger charge is -2.26. The lowest BCUT2D eigenvalue weighted by atomic mass is 10.2. The Balaban J connectivity index is 1.46. The zero-order valence-electron chi connectivity index (χ0n) is 14.5. The molecule has 0 unspecified atom stereocenters. The van der Waals surface area contributed by atoms with Crippen molar-refractivity contribution in [2.75, 3.05) is 46.4 Å². The van der Waals surface area contributed by atoms with E-state index in [1.54, 1.807) is 6.07 Å². The molecule has 1 aromatic carbocycles. The Hall–Kier alpha value is -1.69. The van der Waals surface area contributed by atoms with Gasteiger partial charge in [-0.25, -0.2) is 0 Å². The summed E-state index contributed by atoms with van der Waals surface area (Å²) in [6, 6.07) is 9.41. The van der Waals surface area contributed by atoms with Gasteiger partial charge in [0.05, 0.1) is 13.2 Å². The van der Waals surface area contributed by atoms with E-state index in [0.29, 0.717) is 0 Å². The molecule has 0 radical (unpaired) electrons. The first kappa shape index (κ1) is 17.1. The molecule has 1 saturated heterocycles. The predicted molar refractivity (Wildman–Crippen MR) is 97.4 cm³/mol. The van der Waals surface area contributed by atoms with Gasteiger partial charge >= 0.3 is 0 Å². The fourth-order valence-electron chi connectivity index (χ4n) is 3.25. The summed E-state index contributed by atoms with van der Waals surface area (Å²) < 4.78 is 5.37. The van der Waals surface area contributed by atoms with Gasteiger partial charge in [-0.1, -0.05) is 12.1 Å². The minimum atomic E-state index is 0.0973. The van der Waals surface area contributed by atoms with E-state index in [9.17, 15) is 4.79 Å². The van der Waals surface area contributed by atoms with E-state index >= 15 is 0 Å². The van der Waals surface area contributed by atoms with E-state index < -0.39 is 0 Å². The largest absolute Gasteiger partial charge is 0.379 e. The van der Waals surface area contributed by atoms with Crippen LogP contribution in [0.3, 0.4) is 0 Å². The van der Waals surface area contributed by atoms with Crippen LogP contribution in [0, 0.1) is 0 Å². The van der Waals surface area contributed by atoms with Crippen LogP contribution in [0.4, 0.5) is 0 Å². The third-order valence-corrected chi connectivity index (χ3v) is 4.60. The number of rotatable bonds is 7. The number of ether oxygens (including phenoxy) is 1. The lowest BCUT2D eigenvalue weighted by Crippen LogP contribution is -2.37. The molecule has 5 nitrogen and oxygen atoms in total. The third kappa shape index (κ3) is 4.66. The van der Waals surface area contributed by atoms with Crippen LogP contribution in [0.25, 0.3) is 10.9 Å². The Morgan fingerprint density at radius 3 is 2.83 bits per heavy atom. The normalized spacial score (nSPS) is 16.1. The monoisotopic (exact) mass is 329 g/mol. The van der Waals surface area contributed by atoms with Gasteiger partial charge in [0.15, 0.2) is 5.43 Å². The number of nitrogens with zero attached hydrogens (tertiary/aromatic N) is 2. The van der Waals surface area contributed by atoms with Crippen molar-refractivity contribution in [3.05, 3.63) is 46.2 Å². The van der Waals surface area contributed by atoms with Gasteiger partial charge in [0, 0.05) is 42.3 Å². The molecule has 1 aliphatic heterocycles. The maximum Gasteiger partial charge on any atom is 0.189 e. The van der Waals surface area contributed by atoms with E-state index in [1.807, 2.05) is 24.3 Å². The number of aromatic nitrogens is 1. The van der Waals surface area contributed by atoms with Crippen molar-refractivity contribution in [3.8, 4) is 0 Å². The summed E-state index contributed by atoms with van der Waals surface area (Å²) in [6.45, 7) is 6.84. The molecule has 0 saturated carbocycles. The fraction of sp³-hybridized carbons (Fsp3) is 0.526. The highest BCUT2D eigenvalue weighted by molar-refractivity contribution is 5.78. The van der Waals surface area contributed by atoms with Crippen molar-refractivity contribution in [1.82, 2.24) is 14.8 Å². The van der Waals surface area contributed by atoms with Crippen LogP contribution in [-0.2, 0) is 11.3 Å². The highest BCUT2D eigenvalue weighted by Crippen LogP contribution is 2.09. The summed E-state index contributed by atoms with van der Waals surface area (Å²) in [4.78, 5) is 20.3. The number of hydrogen-bond acceptors (Lipinski definition) is 4. The highest BCUT2D eigenvalue weighted by Gasteiger charge is 2.10. The molecule has 0 atom stereocenters. The molecule has 24 heavy (non-hydrogen) atoms. The Bertz CT molecular complexity index is 707. The van der Waals surface area contributed by atoms with Crippen molar-refractivity contribution in [2.45, 2.75) is 19.4 Å². The van der Waals surface area contributed by atoms with Crippen LogP contribution < -0.4 is 5.43 Å². The first-order valence-electron chi connectivity index (χ1n) is 8.82. The van der Waals surface area contributed by atoms with Gasteiger partial charge in [0.1, 0.15) is 0 Å². The summed E-state index contributed by atoms with van der Waals surface area (Å²) in [5, 5.41) is 0.759. The number of fused-ring (bicyclic) bond motifs is 1. The molecule has 2 heterocycles. The van der Waals surface area contributed by atoms with Gasteiger partial charge < -0.3 is 14.6 Å². The number of para-hydroxylation sites is 1. The molecule has 1 fully saturated rings. The van der Waals surface area contributed by atoms with Crippen molar-refractivity contribution in [1.29, 1.82) is 0 Å². The molecule has 0 amide bonds. The molecule has 0 aliphatic carbocycles. The summed E-state index contributed by atoms with van der Waals surface area (Å²) in [7, 11) is 2.11. The number of unbranched alkanes of at least 4 members (excludes halogenated alkanes) is 1. The smallest absolute Gasteiger partial charge is 0.189 e. The summed E-state index contributed by atoms with van der Waals surface area (Å²) in [6.07, 6.45) is 2.38. The molecule has 1 aromatic heterocycles. The minimum Gasteiger partial charge on any atom is -0.379 e. The average molecular weight is 329 g/mol. The van der Waals surface area contributed by atoms with Crippen LogP contribution >= 0.6 is 0 Å². The van der Waals surface area contributed by atoms with Crippen molar-refractivity contribution < 1.29 is 4.74 Å². The number of benzene rings is 1. The molecule has 1 aliphatic rings. The third-order valence-electron chi connectivity index (χ3n) is 4.60. The van der Waals surface area contributed by atoms with Gasteiger partial charge in [-0.3, -0.25) is 9.69 Å². The van der Waals surface area contributed by atoms with Gasteiger partial charge in [-0.2, -0.15) is 0 Å². The van der Waals surface area contributed by atoms with E-state index in [4.69, 9.17) is 4.74 Å². The number of hydrogen-bond donors (Lipinski definition) is 1. The van der Waals surface area contributed by atoms with Crippen LogP contribution in [-0.4, -0.2) is 61.2 Å². The van der Waals surface area contributed by atoms with Crippen molar-refractivity contribution in [3.63, 3.8) is 0 Å². The topological polar surface area (TPSA) is 48.6 Å².